The number of benzene rings is 1. The Kier molecular flexibility index (Phi) is 3.65. The molecular weight excluding hydrogens is 236 g/mol. The van der Waals surface area contributed by atoms with E-state index in [1.54, 1.807) is 0 Å². The maximum atomic E-state index is 6.08. The van der Waals surface area contributed by atoms with Crippen LogP contribution in [0.15, 0.2) is 36.5 Å². The molecule has 0 spiro atoms. The van der Waals surface area contributed by atoms with Gasteiger partial charge < -0.3 is 10.5 Å². The first-order valence-electron chi connectivity index (χ1n) is 7.07. The topological polar surface area (TPSA) is 48.1 Å². The molecule has 0 aliphatic heterocycles. The Balaban J connectivity index is 1.65. The normalized spacial score (nSPS) is 22.8. The second-order valence-electron chi connectivity index (χ2n) is 5.32. The number of rotatable bonds is 4. The highest BCUT2D eigenvalue weighted by molar-refractivity contribution is 5.84. The van der Waals surface area contributed by atoms with Gasteiger partial charge in [-0.1, -0.05) is 12.5 Å². The van der Waals surface area contributed by atoms with Crippen molar-refractivity contribution in [2.24, 2.45) is 11.7 Å². The van der Waals surface area contributed by atoms with Gasteiger partial charge in [-0.2, -0.15) is 0 Å². The van der Waals surface area contributed by atoms with E-state index in [0.29, 0.717) is 12.0 Å². The van der Waals surface area contributed by atoms with Crippen LogP contribution in [0.5, 0.6) is 5.75 Å². The quantitative estimate of drug-likeness (QED) is 0.914. The zero-order chi connectivity index (χ0) is 13.1. The van der Waals surface area contributed by atoms with E-state index in [-0.39, 0.29) is 0 Å². The van der Waals surface area contributed by atoms with E-state index in [9.17, 15) is 0 Å². The molecule has 1 saturated carbocycles. The van der Waals surface area contributed by atoms with Crippen LogP contribution in [0.1, 0.15) is 25.7 Å². The zero-order valence-electron chi connectivity index (χ0n) is 11.1. The average Bonchev–Trinajstić information content (AvgIpc) is 2.85. The monoisotopic (exact) mass is 256 g/mol. The van der Waals surface area contributed by atoms with Gasteiger partial charge >= 0.3 is 0 Å². The van der Waals surface area contributed by atoms with Gasteiger partial charge in [-0.3, -0.25) is 4.98 Å². The highest BCUT2D eigenvalue weighted by atomic mass is 16.5. The van der Waals surface area contributed by atoms with Crippen LogP contribution in [-0.2, 0) is 0 Å². The summed E-state index contributed by atoms with van der Waals surface area (Å²) in [4.78, 5) is 4.34. The predicted octanol–water partition coefficient (Wildman–Crippen LogP) is 3.13. The number of hydrogen-bond donors (Lipinski definition) is 1. The summed E-state index contributed by atoms with van der Waals surface area (Å²) in [5.41, 5.74) is 7.07. The molecule has 19 heavy (non-hydrogen) atoms. The number of pyridine rings is 1. The third kappa shape index (κ3) is 2.71. The average molecular weight is 256 g/mol. The number of aromatic nitrogens is 1. The number of hydrogen-bond acceptors (Lipinski definition) is 3. The van der Waals surface area contributed by atoms with Crippen molar-refractivity contribution in [1.29, 1.82) is 0 Å². The molecule has 3 heteroatoms. The molecule has 1 aromatic heterocycles. The third-order valence-electron chi connectivity index (χ3n) is 4.07. The van der Waals surface area contributed by atoms with E-state index in [2.05, 4.69) is 11.1 Å². The Morgan fingerprint density at radius 1 is 1.21 bits per heavy atom. The number of fused-ring (bicyclic) bond motifs is 1. The molecule has 1 heterocycles. The van der Waals surface area contributed by atoms with Crippen molar-refractivity contribution >= 4 is 10.9 Å². The van der Waals surface area contributed by atoms with E-state index in [1.807, 2.05) is 30.5 Å². The minimum Gasteiger partial charge on any atom is -0.493 e. The number of nitrogens with zero attached hydrogens (tertiary/aromatic N) is 1. The molecule has 0 radical (unpaired) electrons. The molecule has 2 atom stereocenters. The number of nitrogens with two attached hydrogens (primary N) is 1. The van der Waals surface area contributed by atoms with Crippen LogP contribution in [0.3, 0.4) is 0 Å². The van der Waals surface area contributed by atoms with Crippen LogP contribution < -0.4 is 10.5 Å². The van der Waals surface area contributed by atoms with Gasteiger partial charge in [-0.25, -0.2) is 0 Å². The lowest BCUT2D eigenvalue weighted by Gasteiger charge is -2.16. The van der Waals surface area contributed by atoms with Crippen molar-refractivity contribution in [3.63, 3.8) is 0 Å². The predicted molar refractivity (Wildman–Crippen MR) is 77.2 cm³/mol. The summed E-state index contributed by atoms with van der Waals surface area (Å²) in [6.07, 6.45) is 6.55. The summed E-state index contributed by atoms with van der Waals surface area (Å²) in [6.45, 7) is 0.742. The molecule has 1 aliphatic carbocycles. The Morgan fingerprint density at radius 2 is 2.16 bits per heavy atom. The lowest BCUT2D eigenvalue weighted by Crippen LogP contribution is -2.25. The van der Waals surface area contributed by atoms with Gasteiger partial charge in [0.05, 0.1) is 12.1 Å². The molecule has 0 bridgehead atoms. The second-order valence-corrected chi connectivity index (χ2v) is 5.32. The number of ether oxygens (including phenoxy) is 1. The first kappa shape index (κ1) is 12.4. The Morgan fingerprint density at radius 3 is 3.00 bits per heavy atom. The maximum absolute atomic E-state index is 6.08. The Hall–Kier alpha value is -1.61. The molecule has 1 fully saturated rings. The molecular formula is C16H20N2O. The summed E-state index contributed by atoms with van der Waals surface area (Å²) >= 11 is 0. The van der Waals surface area contributed by atoms with Gasteiger partial charge in [0.15, 0.2) is 0 Å². The van der Waals surface area contributed by atoms with Gasteiger partial charge in [-0.15, -0.1) is 0 Å². The molecule has 100 valence electrons. The largest absolute Gasteiger partial charge is 0.493 e. The summed E-state index contributed by atoms with van der Waals surface area (Å²) in [5.74, 6) is 1.56. The van der Waals surface area contributed by atoms with Gasteiger partial charge in [0.25, 0.3) is 0 Å². The summed E-state index contributed by atoms with van der Waals surface area (Å²) in [5, 5.41) is 1.08. The Bertz CT molecular complexity index is 550. The smallest absolute Gasteiger partial charge is 0.128 e. The van der Waals surface area contributed by atoms with E-state index in [0.717, 1.165) is 29.7 Å². The lowest BCUT2D eigenvalue weighted by atomic mass is 10.0. The van der Waals surface area contributed by atoms with Gasteiger partial charge in [-0.05, 0) is 49.4 Å². The van der Waals surface area contributed by atoms with Crippen LogP contribution in [0.4, 0.5) is 0 Å². The molecule has 3 rings (SSSR count). The van der Waals surface area contributed by atoms with Crippen molar-refractivity contribution < 1.29 is 4.74 Å². The van der Waals surface area contributed by atoms with E-state index >= 15 is 0 Å². The fourth-order valence-electron chi connectivity index (χ4n) is 2.95. The molecule has 2 N–H and O–H groups in total. The molecule has 1 aliphatic rings. The standard InChI is InChI=1S/C16H20N2O/c17-14-6-1-4-12(14)9-11-19-16-8-2-7-15-13(16)5-3-10-18-15/h2-3,5,7-8,10,12,14H,1,4,6,9,11,17H2. The maximum Gasteiger partial charge on any atom is 0.128 e. The van der Waals surface area contributed by atoms with Crippen LogP contribution in [0.25, 0.3) is 10.9 Å². The molecule has 0 amide bonds. The van der Waals surface area contributed by atoms with Crippen LogP contribution in [0, 0.1) is 5.92 Å². The lowest BCUT2D eigenvalue weighted by molar-refractivity contribution is 0.273. The zero-order valence-corrected chi connectivity index (χ0v) is 11.1. The van der Waals surface area contributed by atoms with E-state index < -0.39 is 0 Å². The van der Waals surface area contributed by atoms with Gasteiger partial charge in [0, 0.05) is 17.6 Å². The third-order valence-corrected chi connectivity index (χ3v) is 4.07. The van der Waals surface area contributed by atoms with Gasteiger partial charge in [0.2, 0.25) is 0 Å². The fraction of sp³-hybridized carbons (Fsp3) is 0.438. The second kappa shape index (κ2) is 5.57. The SMILES string of the molecule is NC1CCCC1CCOc1cccc2ncccc12. The van der Waals surface area contributed by atoms with Crippen molar-refractivity contribution in [2.45, 2.75) is 31.7 Å². The highest BCUT2D eigenvalue weighted by Crippen LogP contribution is 2.28. The molecule has 1 aromatic carbocycles. The molecule has 2 aromatic rings. The summed E-state index contributed by atoms with van der Waals surface area (Å²) in [6, 6.07) is 10.4. The van der Waals surface area contributed by atoms with Crippen molar-refractivity contribution in [3.05, 3.63) is 36.5 Å². The Labute approximate surface area is 113 Å². The van der Waals surface area contributed by atoms with E-state index in [1.165, 1.54) is 19.3 Å². The minimum atomic E-state index is 0.373. The highest BCUT2D eigenvalue weighted by Gasteiger charge is 2.23. The first-order valence-corrected chi connectivity index (χ1v) is 7.07. The molecule has 0 saturated heterocycles. The van der Waals surface area contributed by atoms with Crippen LogP contribution in [-0.4, -0.2) is 17.6 Å². The summed E-state index contributed by atoms with van der Waals surface area (Å²) in [7, 11) is 0. The molecule has 3 nitrogen and oxygen atoms in total. The minimum absolute atomic E-state index is 0.373. The van der Waals surface area contributed by atoms with Crippen LogP contribution in [0.2, 0.25) is 0 Å². The first-order chi connectivity index (χ1) is 9.34. The van der Waals surface area contributed by atoms with Crippen molar-refractivity contribution in [2.75, 3.05) is 6.61 Å². The fourth-order valence-corrected chi connectivity index (χ4v) is 2.95. The van der Waals surface area contributed by atoms with Crippen molar-refractivity contribution in [3.8, 4) is 5.75 Å². The van der Waals surface area contributed by atoms with Gasteiger partial charge in [0.1, 0.15) is 5.75 Å². The van der Waals surface area contributed by atoms with Crippen molar-refractivity contribution in [1.82, 2.24) is 4.98 Å². The van der Waals surface area contributed by atoms with E-state index in [4.69, 9.17) is 10.5 Å². The molecule has 2 unspecified atom stereocenters. The summed E-state index contributed by atoms with van der Waals surface area (Å²) < 4.78 is 5.93. The van der Waals surface area contributed by atoms with Crippen LogP contribution >= 0.6 is 0 Å².